The van der Waals surface area contributed by atoms with Gasteiger partial charge in [-0.1, -0.05) is 43.2 Å². The molecule has 0 N–H and O–H groups in total. The Balaban J connectivity index is 1.37. The van der Waals surface area contributed by atoms with Gasteiger partial charge in [-0.15, -0.1) is 21.5 Å². The van der Waals surface area contributed by atoms with E-state index in [1.807, 2.05) is 48.7 Å². The quantitative estimate of drug-likeness (QED) is 0.264. The van der Waals surface area contributed by atoms with Crippen LogP contribution in [-0.4, -0.2) is 25.7 Å². The number of aryl methyl sites for hydroxylation is 1. The van der Waals surface area contributed by atoms with Crippen LogP contribution in [-0.2, 0) is 10.5 Å². The van der Waals surface area contributed by atoms with Gasteiger partial charge in [0.05, 0.1) is 17.6 Å². The van der Waals surface area contributed by atoms with Crippen LogP contribution in [0.3, 0.4) is 0 Å². The molecule has 0 unspecified atom stereocenters. The van der Waals surface area contributed by atoms with Crippen molar-refractivity contribution in [1.29, 1.82) is 0 Å². The maximum Gasteiger partial charge on any atom is 0.230 e. The van der Waals surface area contributed by atoms with Crippen LogP contribution in [0.15, 0.2) is 57.6 Å². The van der Waals surface area contributed by atoms with E-state index in [0.29, 0.717) is 16.9 Å². The molecule has 1 aromatic carbocycles. The van der Waals surface area contributed by atoms with E-state index in [0.717, 1.165) is 46.5 Å². The van der Waals surface area contributed by atoms with E-state index in [4.69, 9.17) is 9.40 Å². The number of amides is 1. The number of aromatic nitrogens is 4. The summed E-state index contributed by atoms with van der Waals surface area (Å²) in [5.41, 5.74) is 2.85. The zero-order chi connectivity index (χ0) is 23.5. The summed E-state index contributed by atoms with van der Waals surface area (Å²) in [6.07, 6.45) is 7.66. The van der Waals surface area contributed by atoms with Crippen molar-refractivity contribution >= 4 is 39.8 Å². The topological polar surface area (TPSA) is 77.1 Å². The number of carbonyl (C=O) groups excluding carboxylic acids is 1. The predicted octanol–water partition coefficient (Wildman–Crippen LogP) is 6.79. The molecule has 176 valence electrons. The molecule has 9 heteroatoms. The molecule has 0 bridgehead atoms. The standard InChI is InChI=1S/C25H27N5O2S2/c1-17-8-6-11-21(14-17)29(18(2)31)24-26-19(15-33-24)16-34-25-28-27-23(22-12-7-13-32-22)30(25)20-9-4-3-5-10-20/h6-8,11-15,20H,3-5,9-10,16H2,1-2H3. The minimum absolute atomic E-state index is 0.0562. The summed E-state index contributed by atoms with van der Waals surface area (Å²) >= 11 is 3.11. The maximum atomic E-state index is 12.4. The molecule has 34 heavy (non-hydrogen) atoms. The lowest BCUT2D eigenvalue weighted by Crippen LogP contribution is -2.22. The minimum Gasteiger partial charge on any atom is -0.461 e. The summed E-state index contributed by atoms with van der Waals surface area (Å²) in [6.45, 7) is 3.59. The molecule has 1 aliphatic carbocycles. The number of carbonyl (C=O) groups is 1. The van der Waals surface area contributed by atoms with E-state index in [-0.39, 0.29) is 5.91 Å². The number of nitrogens with zero attached hydrogens (tertiary/aromatic N) is 5. The molecule has 1 amide bonds. The van der Waals surface area contributed by atoms with Gasteiger partial charge in [0.1, 0.15) is 0 Å². The first-order valence-electron chi connectivity index (χ1n) is 11.5. The largest absolute Gasteiger partial charge is 0.461 e. The normalized spacial score (nSPS) is 14.4. The highest BCUT2D eigenvalue weighted by atomic mass is 32.2. The van der Waals surface area contributed by atoms with Gasteiger partial charge in [0, 0.05) is 24.1 Å². The van der Waals surface area contributed by atoms with Gasteiger partial charge in [-0.25, -0.2) is 4.98 Å². The molecule has 3 heterocycles. The first-order chi connectivity index (χ1) is 16.6. The molecular formula is C25H27N5O2S2. The van der Waals surface area contributed by atoms with Gasteiger partial charge in [0.2, 0.25) is 11.7 Å². The Morgan fingerprint density at radius 3 is 2.79 bits per heavy atom. The Bertz CT molecular complexity index is 1260. The van der Waals surface area contributed by atoms with Gasteiger partial charge < -0.3 is 4.42 Å². The summed E-state index contributed by atoms with van der Waals surface area (Å²) in [5, 5.41) is 12.6. The molecule has 7 nitrogen and oxygen atoms in total. The number of rotatable bonds is 7. The molecule has 1 fully saturated rings. The van der Waals surface area contributed by atoms with Gasteiger partial charge >= 0.3 is 0 Å². The van der Waals surface area contributed by atoms with Crippen LogP contribution < -0.4 is 4.90 Å². The number of furan rings is 1. The van der Waals surface area contributed by atoms with E-state index in [2.05, 4.69) is 14.8 Å². The Hall–Kier alpha value is -2.91. The number of anilines is 2. The van der Waals surface area contributed by atoms with Crippen molar-refractivity contribution in [1.82, 2.24) is 19.7 Å². The fraction of sp³-hybridized carbons (Fsp3) is 0.360. The third kappa shape index (κ3) is 4.81. The third-order valence-corrected chi connectivity index (χ3v) is 7.85. The van der Waals surface area contributed by atoms with Crippen molar-refractivity contribution in [3.8, 4) is 11.6 Å². The van der Waals surface area contributed by atoms with Crippen LogP contribution in [0.4, 0.5) is 10.8 Å². The Labute approximate surface area is 207 Å². The Morgan fingerprint density at radius 1 is 1.21 bits per heavy atom. The maximum absolute atomic E-state index is 12.4. The average Bonchev–Trinajstić information content (AvgIpc) is 3.59. The van der Waals surface area contributed by atoms with Crippen molar-refractivity contribution in [3.63, 3.8) is 0 Å². The third-order valence-electron chi connectivity index (χ3n) is 6.00. The number of thioether (sulfide) groups is 1. The first kappa shape index (κ1) is 22.9. The number of thiazole rings is 1. The molecule has 1 saturated carbocycles. The minimum atomic E-state index is -0.0562. The Kier molecular flexibility index (Phi) is 6.82. The van der Waals surface area contributed by atoms with Crippen LogP contribution >= 0.6 is 23.1 Å². The van der Waals surface area contributed by atoms with Crippen molar-refractivity contribution in [2.24, 2.45) is 0 Å². The molecule has 0 saturated heterocycles. The second kappa shape index (κ2) is 10.1. The summed E-state index contributed by atoms with van der Waals surface area (Å²) in [4.78, 5) is 18.9. The van der Waals surface area contributed by atoms with Crippen LogP contribution in [0.1, 0.15) is 56.3 Å². The lowest BCUT2D eigenvalue weighted by Gasteiger charge is -2.25. The molecule has 4 aromatic rings. The summed E-state index contributed by atoms with van der Waals surface area (Å²) in [6, 6.07) is 12.1. The smallest absolute Gasteiger partial charge is 0.230 e. The van der Waals surface area contributed by atoms with Crippen molar-refractivity contribution in [2.45, 2.75) is 62.9 Å². The number of hydrogen-bond donors (Lipinski definition) is 0. The van der Waals surface area contributed by atoms with Crippen molar-refractivity contribution < 1.29 is 9.21 Å². The van der Waals surface area contributed by atoms with Crippen LogP contribution in [0.5, 0.6) is 0 Å². The van der Waals surface area contributed by atoms with Crippen LogP contribution in [0, 0.1) is 6.92 Å². The average molecular weight is 494 g/mol. The van der Waals surface area contributed by atoms with Gasteiger partial charge in [0.15, 0.2) is 16.0 Å². The van der Waals surface area contributed by atoms with E-state index < -0.39 is 0 Å². The summed E-state index contributed by atoms with van der Waals surface area (Å²) in [7, 11) is 0. The van der Waals surface area contributed by atoms with E-state index in [1.54, 1.807) is 29.8 Å². The highest BCUT2D eigenvalue weighted by Crippen LogP contribution is 2.37. The molecular weight excluding hydrogens is 466 g/mol. The molecule has 0 radical (unpaired) electrons. The van der Waals surface area contributed by atoms with Gasteiger partial charge in [0.25, 0.3) is 0 Å². The molecule has 5 rings (SSSR count). The second-order valence-electron chi connectivity index (χ2n) is 8.55. The van der Waals surface area contributed by atoms with Crippen molar-refractivity contribution in [2.75, 3.05) is 4.90 Å². The zero-order valence-corrected chi connectivity index (χ0v) is 20.9. The van der Waals surface area contributed by atoms with Crippen molar-refractivity contribution in [3.05, 3.63) is 59.3 Å². The first-order valence-corrected chi connectivity index (χ1v) is 13.4. The van der Waals surface area contributed by atoms with E-state index in [9.17, 15) is 4.79 Å². The Morgan fingerprint density at radius 2 is 2.06 bits per heavy atom. The van der Waals surface area contributed by atoms with E-state index >= 15 is 0 Å². The second-order valence-corrected chi connectivity index (χ2v) is 10.3. The predicted molar refractivity (Wildman–Crippen MR) is 136 cm³/mol. The number of benzene rings is 1. The van der Waals surface area contributed by atoms with Gasteiger partial charge in [-0.3, -0.25) is 14.3 Å². The van der Waals surface area contributed by atoms with Crippen LogP contribution in [0.25, 0.3) is 11.6 Å². The molecule has 1 aliphatic rings. The van der Waals surface area contributed by atoms with E-state index in [1.165, 1.54) is 30.6 Å². The highest BCUT2D eigenvalue weighted by Gasteiger charge is 2.25. The summed E-state index contributed by atoms with van der Waals surface area (Å²) < 4.78 is 7.90. The number of hydrogen-bond acceptors (Lipinski definition) is 7. The SMILES string of the molecule is CC(=O)N(c1cccc(C)c1)c1nc(CSc2nnc(-c3ccco3)n2C2CCCCC2)cs1. The molecule has 0 aliphatic heterocycles. The van der Waals surface area contributed by atoms with Gasteiger partial charge in [-0.05, 0) is 49.6 Å². The van der Waals surface area contributed by atoms with Crippen LogP contribution in [0.2, 0.25) is 0 Å². The van der Waals surface area contributed by atoms with Gasteiger partial charge in [-0.2, -0.15) is 0 Å². The lowest BCUT2D eigenvalue weighted by atomic mass is 9.95. The molecule has 3 aromatic heterocycles. The highest BCUT2D eigenvalue weighted by molar-refractivity contribution is 7.98. The molecule has 0 atom stereocenters. The molecule has 0 spiro atoms. The monoisotopic (exact) mass is 493 g/mol. The fourth-order valence-corrected chi connectivity index (χ4v) is 6.31. The lowest BCUT2D eigenvalue weighted by molar-refractivity contribution is -0.115. The summed E-state index contributed by atoms with van der Waals surface area (Å²) in [5.74, 6) is 2.13. The zero-order valence-electron chi connectivity index (χ0n) is 19.3. The fourth-order valence-electron chi connectivity index (χ4n) is 4.42.